The van der Waals surface area contributed by atoms with Crippen LogP contribution in [-0.2, 0) is 18.6 Å². The zero-order valence-corrected chi connectivity index (χ0v) is 14.9. The summed E-state index contributed by atoms with van der Waals surface area (Å²) in [7, 11) is 0. The van der Waals surface area contributed by atoms with Crippen LogP contribution in [0.3, 0.4) is 0 Å². The van der Waals surface area contributed by atoms with E-state index in [1.165, 1.54) is 16.8 Å². The van der Waals surface area contributed by atoms with Crippen LogP contribution < -0.4 is 0 Å². The lowest BCUT2D eigenvalue weighted by molar-refractivity contribution is 0.880. The third-order valence-corrected chi connectivity index (χ3v) is 5.71. The Morgan fingerprint density at radius 1 is 1.24 bits per heavy atom. The van der Waals surface area contributed by atoms with E-state index in [1.807, 2.05) is 16.9 Å². The average molecular weight is 346 g/mol. The van der Waals surface area contributed by atoms with Crippen LogP contribution >= 0.6 is 11.8 Å². The number of nitrogens with zero attached hydrogens (tertiary/aromatic N) is 4. The van der Waals surface area contributed by atoms with E-state index in [0.29, 0.717) is 0 Å². The average Bonchev–Trinajstić information content (AvgIpc) is 3.32. The van der Waals surface area contributed by atoms with Gasteiger partial charge in [-0.2, -0.15) is 10.4 Å². The van der Waals surface area contributed by atoms with E-state index in [1.54, 1.807) is 18.0 Å². The fourth-order valence-electron chi connectivity index (χ4n) is 3.30. The Hall–Kier alpha value is -2.58. The van der Waals surface area contributed by atoms with E-state index in [4.69, 9.17) is 4.98 Å². The molecule has 0 bridgehead atoms. The minimum absolute atomic E-state index is 0.749. The zero-order valence-electron chi connectivity index (χ0n) is 14.1. The number of fused-ring (bicyclic) bond motifs is 1. The summed E-state index contributed by atoms with van der Waals surface area (Å²) in [5.74, 6) is 0.805. The monoisotopic (exact) mass is 346 g/mol. The molecule has 0 N–H and O–H groups in total. The van der Waals surface area contributed by atoms with E-state index in [2.05, 4.69) is 42.4 Å². The quantitative estimate of drug-likeness (QED) is 0.664. The van der Waals surface area contributed by atoms with Crippen molar-refractivity contribution >= 4 is 11.8 Å². The summed E-state index contributed by atoms with van der Waals surface area (Å²) in [6, 6.07) is 12.6. The van der Waals surface area contributed by atoms with Crippen LogP contribution in [0.5, 0.6) is 0 Å². The van der Waals surface area contributed by atoms with Crippen LogP contribution in [0.1, 0.15) is 34.4 Å². The molecule has 1 aliphatic rings. The molecule has 0 radical (unpaired) electrons. The molecule has 0 atom stereocenters. The first-order valence-corrected chi connectivity index (χ1v) is 9.39. The first-order valence-electron chi connectivity index (χ1n) is 8.40. The number of benzene rings is 1. The van der Waals surface area contributed by atoms with E-state index >= 15 is 0 Å². The van der Waals surface area contributed by atoms with Crippen molar-refractivity contribution in [3.8, 4) is 11.8 Å². The lowest BCUT2D eigenvalue weighted by Crippen LogP contribution is -2.00. The predicted molar refractivity (Wildman–Crippen MR) is 98.8 cm³/mol. The number of pyridine rings is 1. The molecule has 1 aliphatic carbocycles. The van der Waals surface area contributed by atoms with E-state index in [9.17, 15) is 5.26 Å². The van der Waals surface area contributed by atoms with Crippen LogP contribution in [0.15, 0.2) is 47.8 Å². The van der Waals surface area contributed by atoms with Crippen molar-refractivity contribution in [3.63, 3.8) is 0 Å². The number of aromatic nitrogens is 3. The minimum Gasteiger partial charge on any atom is -0.245 e. The number of hydrogen-bond acceptors (Lipinski definition) is 4. The topological polar surface area (TPSA) is 54.5 Å². The van der Waals surface area contributed by atoms with Gasteiger partial charge in [0.2, 0.25) is 0 Å². The molecule has 0 saturated carbocycles. The molecule has 0 spiro atoms. The molecule has 0 aliphatic heterocycles. The normalized spacial score (nSPS) is 12.8. The Labute approximate surface area is 151 Å². The van der Waals surface area contributed by atoms with Crippen LogP contribution in [-0.4, -0.2) is 14.8 Å². The Morgan fingerprint density at radius 2 is 2.08 bits per heavy atom. The van der Waals surface area contributed by atoms with Gasteiger partial charge in [0, 0.05) is 23.8 Å². The molecule has 1 aromatic carbocycles. The molecule has 5 heteroatoms. The highest BCUT2D eigenvalue weighted by Crippen LogP contribution is 2.33. The fraction of sp³-hybridized carbons (Fsp3) is 0.250. The van der Waals surface area contributed by atoms with Crippen molar-refractivity contribution in [2.24, 2.45) is 0 Å². The predicted octanol–water partition coefficient (Wildman–Crippen LogP) is 4.23. The van der Waals surface area contributed by atoms with Crippen molar-refractivity contribution in [2.45, 2.75) is 37.0 Å². The van der Waals surface area contributed by atoms with Crippen molar-refractivity contribution in [1.29, 1.82) is 5.26 Å². The summed E-state index contributed by atoms with van der Waals surface area (Å²) in [6.07, 6.45) is 6.95. The van der Waals surface area contributed by atoms with Gasteiger partial charge < -0.3 is 0 Å². The Balaban J connectivity index is 1.54. The number of rotatable bonds is 4. The molecule has 4 nitrogen and oxygen atoms in total. The third-order valence-electron chi connectivity index (χ3n) is 4.66. The summed E-state index contributed by atoms with van der Waals surface area (Å²) in [4.78, 5) is 4.78. The maximum atomic E-state index is 9.56. The second-order valence-electron chi connectivity index (χ2n) is 6.21. The molecular formula is C20H18N4S. The fourth-order valence-corrected chi connectivity index (χ4v) is 4.31. The van der Waals surface area contributed by atoms with Gasteiger partial charge >= 0.3 is 0 Å². The number of hydrogen-bond donors (Lipinski definition) is 0. The van der Waals surface area contributed by atoms with Crippen molar-refractivity contribution in [1.82, 2.24) is 14.8 Å². The van der Waals surface area contributed by atoms with Crippen LogP contribution in [0.2, 0.25) is 0 Å². The van der Waals surface area contributed by atoms with Gasteiger partial charge in [0.05, 0.1) is 11.3 Å². The van der Waals surface area contributed by atoms with Gasteiger partial charge in [-0.15, -0.1) is 11.8 Å². The molecular weight excluding hydrogens is 328 g/mol. The smallest absolute Gasteiger partial charge is 0.115 e. The van der Waals surface area contributed by atoms with Gasteiger partial charge in [-0.3, -0.25) is 0 Å². The lowest BCUT2D eigenvalue weighted by Gasteiger charge is -2.11. The van der Waals surface area contributed by atoms with E-state index in [-0.39, 0.29) is 0 Å². The molecule has 2 heterocycles. The Morgan fingerprint density at radius 3 is 2.80 bits per heavy atom. The maximum Gasteiger partial charge on any atom is 0.115 e. The second-order valence-corrected chi connectivity index (χ2v) is 7.18. The van der Waals surface area contributed by atoms with Gasteiger partial charge in [-0.25, -0.2) is 9.67 Å². The van der Waals surface area contributed by atoms with Crippen LogP contribution in [0, 0.1) is 18.3 Å². The van der Waals surface area contributed by atoms with Gasteiger partial charge in [0.1, 0.15) is 11.1 Å². The zero-order chi connectivity index (χ0) is 17.2. The van der Waals surface area contributed by atoms with Crippen molar-refractivity contribution < 1.29 is 0 Å². The summed E-state index contributed by atoms with van der Waals surface area (Å²) in [5.41, 5.74) is 6.62. The highest BCUT2D eigenvalue weighted by atomic mass is 32.2. The van der Waals surface area contributed by atoms with Crippen molar-refractivity contribution in [2.75, 3.05) is 0 Å². The van der Waals surface area contributed by atoms with E-state index < -0.39 is 0 Å². The Kier molecular flexibility index (Phi) is 4.29. The number of aryl methyl sites for hydroxylation is 1. The van der Waals surface area contributed by atoms with Crippen LogP contribution in [0.25, 0.3) is 5.69 Å². The van der Waals surface area contributed by atoms with E-state index in [0.717, 1.165) is 46.9 Å². The van der Waals surface area contributed by atoms with Gasteiger partial charge in [-0.05, 0) is 61.1 Å². The largest absolute Gasteiger partial charge is 0.245 e. The molecule has 0 unspecified atom stereocenters. The lowest BCUT2D eigenvalue weighted by atomic mass is 10.0. The first-order chi connectivity index (χ1) is 12.3. The van der Waals surface area contributed by atoms with Gasteiger partial charge in [0.25, 0.3) is 0 Å². The first kappa shape index (κ1) is 15.9. The van der Waals surface area contributed by atoms with Gasteiger partial charge in [-0.1, -0.05) is 12.1 Å². The molecule has 3 aromatic rings. The number of thioether (sulfide) groups is 1. The molecule has 25 heavy (non-hydrogen) atoms. The standard InChI is InChI=1S/C20H18N4S/c1-14-17-4-2-5-19(17)23-20(18(14)12-21)25-13-15-6-8-16(9-7-15)24-11-3-10-22-24/h3,6-11H,2,4-5,13H2,1H3. The third kappa shape index (κ3) is 3.06. The summed E-state index contributed by atoms with van der Waals surface area (Å²) >= 11 is 1.65. The summed E-state index contributed by atoms with van der Waals surface area (Å²) in [6.45, 7) is 2.06. The Bertz CT molecular complexity index is 937. The molecule has 0 fully saturated rings. The molecule has 4 rings (SSSR count). The minimum atomic E-state index is 0.749. The molecule has 0 saturated heterocycles. The second kappa shape index (κ2) is 6.73. The molecule has 2 aromatic heterocycles. The molecule has 0 amide bonds. The highest BCUT2D eigenvalue weighted by Gasteiger charge is 2.20. The SMILES string of the molecule is Cc1c(C#N)c(SCc2ccc(-n3cccn3)cc2)nc2c1CCC2. The summed E-state index contributed by atoms with van der Waals surface area (Å²) < 4.78 is 1.84. The van der Waals surface area contributed by atoms with Crippen molar-refractivity contribution in [3.05, 3.63) is 70.7 Å². The maximum absolute atomic E-state index is 9.56. The van der Waals surface area contributed by atoms with Crippen LogP contribution in [0.4, 0.5) is 0 Å². The number of nitriles is 1. The highest BCUT2D eigenvalue weighted by molar-refractivity contribution is 7.98. The molecule has 124 valence electrons. The summed E-state index contributed by atoms with van der Waals surface area (Å²) in [5, 5.41) is 14.7. The van der Waals surface area contributed by atoms with Gasteiger partial charge in [0.15, 0.2) is 0 Å².